The second-order valence-electron chi connectivity index (χ2n) is 32.9. The summed E-state index contributed by atoms with van der Waals surface area (Å²) in [5.41, 5.74) is 0. The molecule has 0 spiro atoms. The summed E-state index contributed by atoms with van der Waals surface area (Å²) in [6, 6.07) is -0.536. The predicted octanol–water partition coefficient (Wildman–Crippen LogP) is 4.97. The van der Waals surface area contributed by atoms with Gasteiger partial charge in [0, 0.05) is 52.4 Å². The fourth-order valence-corrected chi connectivity index (χ4v) is 16.2. The van der Waals surface area contributed by atoms with Gasteiger partial charge >= 0.3 is 12.1 Å². The van der Waals surface area contributed by atoms with E-state index in [1.807, 2.05) is 111 Å². The third kappa shape index (κ3) is 18.8. The first-order valence-electron chi connectivity index (χ1n) is 38.3. The zero-order valence-electron chi connectivity index (χ0n) is 64.7. The summed E-state index contributed by atoms with van der Waals surface area (Å²) in [7, 11) is 0. The van der Waals surface area contributed by atoms with E-state index in [9.17, 15) is 9.59 Å². The summed E-state index contributed by atoms with van der Waals surface area (Å²) in [6.07, 6.45) is -0.348. The number of unbranched alkanes of at least 4 members (excludes halogenated alkanes) is 4. The molecule has 12 fully saturated rings. The molecule has 0 radical (unpaired) electrons. The fourth-order valence-electron chi connectivity index (χ4n) is 16.2. The molecule has 0 aliphatic carbocycles. The van der Waals surface area contributed by atoms with Crippen LogP contribution in [0.5, 0.6) is 0 Å². The van der Waals surface area contributed by atoms with Gasteiger partial charge in [0.2, 0.25) is 23.1 Å². The first-order valence-corrected chi connectivity index (χ1v) is 38.3. The van der Waals surface area contributed by atoms with Crippen molar-refractivity contribution in [3.63, 3.8) is 0 Å². The Bertz CT molecular complexity index is 2660. The Kier molecular flexibility index (Phi) is 25.2. The van der Waals surface area contributed by atoms with Crippen LogP contribution in [0.1, 0.15) is 162 Å². The molecule has 12 aliphatic heterocycles. The van der Waals surface area contributed by atoms with Crippen LogP contribution in [-0.4, -0.2) is 309 Å². The maximum absolute atomic E-state index is 14.5. The van der Waals surface area contributed by atoms with E-state index in [2.05, 4.69) is 21.3 Å². The Balaban J connectivity index is 0.660. The number of carbonyl (C=O) groups excluding carboxylic acids is 2. The molecule has 0 aromatic heterocycles. The predicted molar refractivity (Wildman–Crippen MR) is 366 cm³/mol. The molecule has 12 saturated heterocycles. The van der Waals surface area contributed by atoms with E-state index in [1.54, 1.807) is 9.80 Å². The van der Waals surface area contributed by atoms with Gasteiger partial charge in [-0.1, -0.05) is 0 Å². The lowest BCUT2D eigenvalue weighted by atomic mass is 10.0. The van der Waals surface area contributed by atoms with Crippen LogP contribution >= 0.6 is 0 Å². The molecule has 12 heterocycles. The molecular weight excluding hydrogens is 1360 g/mol. The number of ether oxygens (including phenoxy) is 24. The van der Waals surface area contributed by atoms with E-state index in [1.165, 1.54) is 0 Å². The van der Waals surface area contributed by atoms with Crippen LogP contribution in [0.15, 0.2) is 0 Å². The number of carbonyl (C=O) groups is 2. The van der Waals surface area contributed by atoms with E-state index >= 15 is 0 Å². The van der Waals surface area contributed by atoms with Crippen LogP contribution < -0.4 is 21.3 Å². The van der Waals surface area contributed by atoms with Gasteiger partial charge in [0.15, 0.2) is 46.3 Å². The lowest BCUT2D eigenvalue weighted by Gasteiger charge is -2.38. The van der Waals surface area contributed by atoms with Gasteiger partial charge in [-0.2, -0.15) is 0 Å². The number of fused-ring (bicyclic) bond motifs is 4. The van der Waals surface area contributed by atoms with Crippen molar-refractivity contribution in [2.75, 3.05) is 145 Å². The SMILES string of the molecule is CC1(C)O[C@@H]2[C@@H](CO[C@]2(OCCCCNCCNC(=O)N(CCCCO[C@]2([C@H]3COC(C)(C)O3)OC[C@H]3OC(C)(C)O[C@H]32)CCN(CCCCO[C@]2([C@H]3COC(C)(C)O3)OC[C@H]3OC(C)(C)O[C@H]32)C(=O)NCCNCCCCO[C@]2([C@H]3COC(C)(C)O3)OC[C@H]3OC(C)(C)O[C@H]32)[C@H]2COC(C)(C)O2)O1. The van der Waals surface area contributed by atoms with Gasteiger partial charge in [-0.3, -0.25) is 0 Å². The van der Waals surface area contributed by atoms with Gasteiger partial charge in [-0.25, -0.2) is 9.59 Å². The molecule has 32 nitrogen and oxygen atoms in total. The van der Waals surface area contributed by atoms with Crippen LogP contribution in [0.4, 0.5) is 9.59 Å². The highest BCUT2D eigenvalue weighted by molar-refractivity contribution is 5.75. The first-order chi connectivity index (χ1) is 49.1. The topological polar surface area (TPSA) is 310 Å². The quantitative estimate of drug-likeness (QED) is 0.0597. The fraction of sp³-hybridized carbons (Fsp3) is 0.972. The average molecular weight is 1490 g/mol. The molecule has 0 bridgehead atoms. The molecule has 4 amide bonds. The van der Waals surface area contributed by atoms with Crippen LogP contribution in [0.3, 0.4) is 0 Å². The van der Waals surface area contributed by atoms with E-state index in [0.717, 1.165) is 25.7 Å². The monoisotopic (exact) mass is 1490 g/mol. The zero-order valence-corrected chi connectivity index (χ0v) is 64.7. The van der Waals surface area contributed by atoms with Gasteiger partial charge in [-0.05, 0) is 175 Å². The van der Waals surface area contributed by atoms with E-state index in [0.29, 0.717) is 118 Å². The molecule has 598 valence electrons. The standard InChI is InChI=1S/C72H124N6O26/c1-61(2)85-43-51(97-61)69(55-47(39-89-69)93-65(9,10)101-55)81-35-21-17-25-73-27-29-75-59(79)77(31-19-23-37-83-71(53-45-87-63(5,6)99-53)57-49(41-91-71)95-67(13,14)103-57)33-34-78(32-20-24-38-84-72(54-46-88-64(7,8)100-54)58-50(42-92-72)96-68(15,16)104-58)60(80)76-30-28-74-26-18-22-36-82-70(52-44-86-62(3,4)98-52)56-48(40-90-70)94-66(11,12)102-56/h47-58,73-74H,17-46H2,1-16H3,(H,75,79)(H,76,80)/t47-,48-,49-,50-,51-,52-,53-,54-,55-,56-,57-,58-,69-,70-,71-,72-/m1/s1. The minimum Gasteiger partial charge on any atom is -0.348 e. The Hall–Kier alpha value is -2.50. The molecule has 0 unspecified atom stereocenters. The van der Waals surface area contributed by atoms with Gasteiger partial charge in [0.05, 0.1) is 79.3 Å². The summed E-state index contributed by atoms with van der Waals surface area (Å²) in [5.74, 6) is -11.5. The lowest BCUT2D eigenvalue weighted by Crippen LogP contribution is -2.56. The van der Waals surface area contributed by atoms with Crippen LogP contribution in [-0.2, 0) is 114 Å². The Morgan fingerprint density at radius 3 is 0.798 bits per heavy atom. The van der Waals surface area contributed by atoms with Crippen LogP contribution in [0, 0.1) is 0 Å². The Morgan fingerprint density at radius 2 is 0.548 bits per heavy atom. The zero-order chi connectivity index (χ0) is 74.2. The maximum atomic E-state index is 14.5. The van der Waals surface area contributed by atoms with Crippen molar-refractivity contribution in [1.82, 2.24) is 31.1 Å². The minimum atomic E-state index is -1.28. The molecule has 104 heavy (non-hydrogen) atoms. The van der Waals surface area contributed by atoms with Gasteiger partial charge in [-0.15, -0.1) is 0 Å². The summed E-state index contributed by atoms with van der Waals surface area (Å²) in [6.45, 7) is 37.8. The summed E-state index contributed by atoms with van der Waals surface area (Å²) in [4.78, 5) is 32.6. The Morgan fingerprint density at radius 1 is 0.288 bits per heavy atom. The van der Waals surface area contributed by atoms with E-state index < -0.39 is 118 Å². The second-order valence-corrected chi connectivity index (χ2v) is 32.9. The highest BCUT2D eigenvalue weighted by Crippen LogP contribution is 2.51. The summed E-state index contributed by atoms with van der Waals surface area (Å²) >= 11 is 0. The molecule has 0 aromatic carbocycles. The van der Waals surface area contributed by atoms with Crippen molar-refractivity contribution in [3.8, 4) is 0 Å². The van der Waals surface area contributed by atoms with E-state index in [4.69, 9.17) is 114 Å². The van der Waals surface area contributed by atoms with Gasteiger partial charge in [0.25, 0.3) is 0 Å². The average Bonchev–Trinajstić information content (AvgIpc) is 1.60. The molecule has 0 aromatic rings. The van der Waals surface area contributed by atoms with Crippen molar-refractivity contribution >= 4 is 12.1 Å². The molecule has 0 saturated carbocycles. The number of urea groups is 2. The van der Waals surface area contributed by atoms with Gasteiger partial charge < -0.3 is 145 Å². The third-order valence-electron chi connectivity index (χ3n) is 20.9. The normalized spacial score (nSPS) is 38.3. The van der Waals surface area contributed by atoms with E-state index in [-0.39, 0.29) is 89.2 Å². The van der Waals surface area contributed by atoms with Crippen molar-refractivity contribution in [2.24, 2.45) is 0 Å². The number of nitrogens with zero attached hydrogens (tertiary/aromatic N) is 2. The highest BCUT2D eigenvalue weighted by Gasteiger charge is 2.70. The van der Waals surface area contributed by atoms with Crippen molar-refractivity contribution in [3.05, 3.63) is 0 Å². The molecule has 12 aliphatic rings. The van der Waals surface area contributed by atoms with Crippen LogP contribution in [0.25, 0.3) is 0 Å². The number of hydrogen-bond donors (Lipinski definition) is 4. The molecule has 32 heteroatoms. The van der Waals surface area contributed by atoms with Crippen molar-refractivity contribution in [2.45, 2.75) is 305 Å². The second kappa shape index (κ2) is 32.3. The highest BCUT2D eigenvalue weighted by atomic mass is 16.9. The molecule has 16 atom stereocenters. The molecule has 12 rings (SSSR count). The minimum absolute atomic E-state index is 0.227. The smallest absolute Gasteiger partial charge is 0.317 e. The maximum Gasteiger partial charge on any atom is 0.317 e. The van der Waals surface area contributed by atoms with Crippen molar-refractivity contribution < 1.29 is 123 Å². The van der Waals surface area contributed by atoms with Crippen LogP contribution in [0.2, 0.25) is 0 Å². The Labute approximate surface area is 613 Å². The lowest BCUT2D eigenvalue weighted by molar-refractivity contribution is -0.320. The molecule has 4 N–H and O–H groups in total. The first kappa shape index (κ1) is 81.0. The number of hydrogen-bond acceptors (Lipinski definition) is 28. The number of nitrogens with one attached hydrogen (secondary N) is 4. The summed E-state index contributed by atoms with van der Waals surface area (Å²) in [5, 5.41) is 13.3. The van der Waals surface area contributed by atoms with Gasteiger partial charge in [0.1, 0.15) is 73.2 Å². The summed E-state index contributed by atoms with van der Waals surface area (Å²) < 4.78 is 152. The largest absolute Gasteiger partial charge is 0.348 e. The third-order valence-corrected chi connectivity index (χ3v) is 20.9. The number of amides is 4. The van der Waals surface area contributed by atoms with Crippen molar-refractivity contribution in [1.29, 1.82) is 0 Å². The number of rotatable bonds is 37. The molecular formula is C72H124N6O26.